The van der Waals surface area contributed by atoms with Crippen LogP contribution in [0.3, 0.4) is 0 Å². The Bertz CT molecular complexity index is 808. The van der Waals surface area contributed by atoms with E-state index in [9.17, 15) is 9.59 Å². The van der Waals surface area contributed by atoms with Gasteiger partial charge in [0.25, 0.3) is 0 Å². The molecular weight excluding hydrogens is 366 g/mol. The summed E-state index contributed by atoms with van der Waals surface area (Å²) in [6.45, 7) is 7.86. The first-order valence-corrected chi connectivity index (χ1v) is 9.71. The Morgan fingerprint density at radius 1 is 1.33 bits per heavy atom. The van der Waals surface area contributed by atoms with Crippen LogP contribution < -0.4 is 5.32 Å². The summed E-state index contributed by atoms with van der Waals surface area (Å²) in [6, 6.07) is 5.31. The van der Waals surface area contributed by atoms with E-state index < -0.39 is 12.0 Å². The van der Waals surface area contributed by atoms with Crippen molar-refractivity contribution in [3.8, 4) is 5.69 Å². The summed E-state index contributed by atoms with van der Waals surface area (Å²) in [6.07, 6.45) is 0.748. The predicted molar refractivity (Wildman–Crippen MR) is 103 cm³/mol. The monoisotopic (exact) mass is 391 g/mol. The van der Waals surface area contributed by atoms with Crippen LogP contribution in [0.1, 0.15) is 31.4 Å². The Morgan fingerprint density at radius 3 is 2.70 bits per heavy atom. The molecule has 1 aromatic heterocycles. The Balaban J connectivity index is 2.06. The maximum atomic E-state index is 12.3. The minimum atomic E-state index is -0.663. The molecule has 0 aliphatic heterocycles. The first kappa shape index (κ1) is 20.9. The number of esters is 1. The molecule has 0 saturated carbocycles. The fourth-order valence-corrected chi connectivity index (χ4v) is 3.30. The molecule has 0 aliphatic rings. The van der Waals surface area contributed by atoms with Gasteiger partial charge in [-0.1, -0.05) is 49.7 Å². The summed E-state index contributed by atoms with van der Waals surface area (Å²) < 4.78 is 6.40. The number of nitrogens with one attached hydrogen (secondary N) is 1. The standard InChI is InChI=1S/C18H25N5O3S/c1-6-12(3)16(17(25)26-5)19-15(24)10-27-18-20-21-22-23(18)14-8-7-11(2)9-13(14)4/h7-9,12,16H,6,10H2,1-5H3,(H,19,24). The molecule has 0 fully saturated rings. The van der Waals surface area contributed by atoms with Crippen LogP contribution in [-0.4, -0.2) is 51.0 Å². The number of methoxy groups -OCH3 is 1. The van der Waals surface area contributed by atoms with Crippen LogP contribution in [0.15, 0.2) is 23.4 Å². The van der Waals surface area contributed by atoms with E-state index >= 15 is 0 Å². The van der Waals surface area contributed by atoms with Crippen LogP contribution in [0.5, 0.6) is 0 Å². The lowest BCUT2D eigenvalue weighted by Gasteiger charge is -2.21. The van der Waals surface area contributed by atoms with Crippen molar-refractivity contribution in [2.75, 3.05) is 12.9 Å². The van der Waals surface area contributed by atoms with Crippen LogP contribution in [0.4, 0.5) is 0 Å². The van der Waals surface area contributed by atoms with Gasteiger partial charge in [-0.2, -0.15) is 4.68 Å². The number of nitrogens with zero attached hydrogens (tertiary/aromatic N) is 4. The van der Waals surface area contributed by atoms with Crippen molar-refractivity contribution in [1.82, 2.24) is 25.5 Å². The minimum Gasteiger partial charge on any atom is -0.467 e. The maximum Gasteiger partial charge on any atom is 0.328 e. The number of aromatic nitrogens is 4. The van der Waals surface area contributed by atoms with Gasteiger partial charge in [0.1, 0.15) is 6.04 Å². The van der Waals surface area contributed by atoms with Gasteiger partial charge in [-0.15, -0.1) is 5.10 Å². The molecule has 2 unspecified atom stereocenters. The van der Waals surface area contributed by atoms with Crippen molar-refractivity contribution in [3.05, 3.63) is 29.3 Å². The summed E-state index contributed by atoms with van der Waals surface area (Å²) >= 11 is 1.21. The third-order valence-corrected chi connectivity index (χ3v) is 5.26. The molecule has 2 atom stereocenters. The molecule has 0 bridgehead atoms. The fourth-order valence-electron chi connectivity index (χ4n) is 2.60. The molecule has 1 N–H and O–H groups in total. The lowest BCUT2D eigenvalue weighted by Crippen LogP contribution is -2.46. The van der Waals surface area contributed by atoms with Crippen LogP contribution >= 0.6 is 11.8 Å². The number of ether oxygens (including phenoxy) is 1. The molecule has 0 aliphatic carbocycles. The van der Waals surface area contributed by atoms with Crippen LogP contribution in [0, 0.1) is 19.8 Å². The Hall–Kier alpha value is -2.42. The number of aryl methyl sites for hydroxylation is 2. The molecule has 1 heterocycles. The van der Waals surface area contributed by atoms with Crippen molar-refractivity contribution < 1.29 is 14.3 Å². The van der Waals surface area contributed by atoms with Crippen LogP contribution in [0.25, 0.3) is 5.69 Å². The molecule has 0 saturated heterocycles. The van der Waals surface area contributed by atoms with Gasteiger partial charge in [-0.3, -0.25) is 4.79 Å². The van der Waals surface area contributed by atoms with E-state index in [1.165, 1.54) is 18.9 Å². The third kappa shape index (κ3) is 5.29. The number of benzene rings is 1. The number of hydrogen-bond donors (Lipinski definition) is 1. The highest BCUT2D eigenvalue weighted by atomic mass is 32.2. The van der Waals surface area contributed by atoms with E-state index in [0.717, 1.165) is 23.2 Å². The maximum absolute atomic E-state index is 12.3. The molecular formula is C18H25N5O3S. The predicted octanol–water partition coefficient (Wildman–Crippen LogP) is 2.08. The van der Waals surface area contributed by atoms with E-state index in [0.29, 0.717) is 5.16 Å². The highest BCUT2D eigenvalue weighted by molar-refractivity contribution is 7.99. The quantitative estimate of drug-likeness (QED) is 0.543. The van der Waals surface area contributed by atoms with Gasteiger partial charge in [0, 0.05) is 0 Å². The smallest absolute Gasteiger partial charge is 0.328 e. The summed E-state index contributed by atoms with van der Waals surface area (Å²) in [4.78, 5) is 24.2. The second-order valence-electron chi connectivity index (χ2n) is 6.41. The van der Waals surface area contributed by atoms with E-state index in [1.807, 2.05) is 45.9 Å². The van der Waals surface area contributed by atoms with Crippen molar-refractivity contribution in [2.24, 2.45) is 5.92 Å². The zero-order valence-electron chi connectivity index (χ0n) is 16.2. The molecule has 27 heavy (non-hydrogen) atoms. The number of tetrazole rings is 1. The van der Waals surface area contributed by atoms with Gasteiger partial charge in [-0.05, 0) is 41.8 Å². The average molecular weight is 391 g/mol. The largest absolute Gasteiger partial charge is 0.467 e. The number of carbonyl (C=O) groups excluding carboxylic acids is 2. The van der Waals surface area contributed by atoms with Gasteiger partial charge in [0.15, 0.2) is 0 Å². The summed E-state index contributed by atoms with van der Waals surface area (Å²) in [5.41, 5.74) is 3.05. The minimum absolute atomic E-state index is 0.0214. The topological polar surface area (TPSA) is 99.0 Å². The Labute approximate surface area is 163 Å². The second-order valence-corrected chi connectivity index (χ2v) is 7.35. The summed E-state index contributed by atoms with van der Waals surface area (Å²) in [5.74, 6) is -0.643. The van der Waals surface area contributed by atoms with E-state index in [-0.39, 0.29) is 17.6 Å². The normalized spacial score (nSPS) is 13.1. The molecule has 146 valence electrons. The molecule has 0 spiro atoms. The Kier molecular flexibility index (Phi) is 7.35. The fraction of sp³-hybridized carbons (Fsp3) is 0.500. The van der Waals surface area contributed by atoms with E-state index in [1.54, 1.807) is 4.68 Å². The molecule has 1 amide bonds. The molecule has 9 heteroatoms. The molecule has 0 radical (unpaired) electrons. The number of carbonyl (C=O) groups is 2. The number of hydrogen-bond acceptors (Lipinski definition) is 7. The third-order valence-electron chi connectivity index (χ3n) is 4.34. The van der Waals surface area contributed by atoms with Crippen molar-refractivity contribution in [1.29, 1.82) is 0 Å². The van der Waals surface area contributed by atoms with Crippen LogP contribution in [0.2, 0.25) is 0 Å². The van der Waals surface area contributed by atoms with E-state index in [4.69, 9.17) is 4.74 Å². The highest BCUT2D eigenvalue weighted by Crippen LogP contribution is 2.21. The first-order valence-electron chi connectivity index (χ1n) is 8.73. The number of rotatable bonds is 8. The van der Waals surface area contributed by atoms with Gasteiger partial charge in [0.2, 0.25) is 11.1 Å². The molecule has 1 aromatic carbocycles. The van der Waals surface area contributed by atoms with Gasteiger partial charge in [0.05, 0.1) is 18.6 Å². The molecule has 2 aromatic rings. The Morgan fingerprint density at radius 2 is 2.07 bits per heavy atom. The first-order chi connectivity index (χ1) is 12.9. The lowest BCUT2D eigenvalue weighted by atomic mass is 9.99. The van der Waals surface area contributed by atoms with Gasteiger partial charge < -0.3 is 10.1 Å². The highest BCUT2D eigenvalue weighted by Gasteiger charge is 2.26. The zero-order chi connectivity index (χ0) is 20.0. The van der Waals surface area contributed by atoms with Gasteiger partial charge >= 0.3 is 5.97 Å². The number of amides is 1. The zero-order valence-corrected chi connectivity index (χ0v) is 17.0. The van der Waals surface area contributed by atoms with Gasteiger partial charge in [-0.25, -0.2) is 4.79 Å². The number of thioether (sulfide) groups is 1. The SMILES string of the molecule is CCC(C)C(NC(=O)CSc1nnnn1-c1ccc(C)cc1C)C(=O)OC. The van der Waals surface area contributed by atoms with E-state index in [2.05, 4.69) is 20.8 Å². The average Bonchev–Trinajstić information content (AvgIpc) is 3.11. The lowest BCUT2D eigenvalue weighted by molar-refractivity contribution is -0.146. The van der Waals surface area contributed by atoms with Crippen molar-refractivity contribution in [3.63, 3.8) is 0 Å². The summed E-state index contributed by atoms with van der Waals surface area (Å²) in [7, 11) is 1.32. The van der Waals surface area contributed by atoms with Crippen molar-refractivity contribution >= 4 is 23.6 Å². The summed E-state index contributed by atoms with van der Waals surface area (Å²) in [5, 5.41) is 15.0. The van der Waals surface area contributed by atoms with Crippen molar-refractivity contribution in [2.45, 2.75) is 45.3 Å². The molecule has 2 rings (SSSR count). The van der Waals surface area contributed by atoms with Crippen LogP contribution in [-0.2, 0) is 14.3 Å². The molecule has 8 nitrogen and oxygen atoms in total. The second kappa shape index (κ2) is 9.50.